The third-order valence-corrected chi connectivity index (χ3v) is 4.36. The summed E-state index contributed by atoms with van der Waals surface area (Å²) in [6, 6.07) is 10.5. The number of ether oxygens (including phenoxy) is 2. The number of benzene rings is 1. The van der Waals surface area contributed by atoms with Gasteiger partial charge in [0.2, 0.25) is 6.79 Å². The van der Waals surface area contributed by atoms with Crippen molar-refractivity contribution in [2.24, 2.45) is 0 Å². The van der Waals surface area contributed by atoms with E-state index < -0.39 is 0 Å². The molecular formula is C15H17NO2S. The van der Waals surface area contributed by atoms with E-state index >= 15 is 0 Å². The van der Waals surface area contributed by atoms with Gasteiger partial charge in [-0.05, 0) is 36.2 Å². The van der Waals surface area contributed by atoms with Crippen LogP contribution in [0, 0.1) is 0 Å². The molecule has 0 fully saturated rings. The Morgan fingerprint density at radius 1 is 1.05 bits per heavy atom. The number of nitrogens with one attached hydrogen (secondary N) is 1. The molecule has 0 spiro atoms. The maximum absolute atomic E-state index is 5.37. The Kier molecular flexibility index (Phi) is 3.71. The Hall–Kier alpha value is -1.52. The van der Waals surface area contributed by atoms with Crippen molar-refractivity contribution in [3.05, 3.63) is 45.6 Å². The van der Waals surface area contributed by atoms with Gasteiger partial charge in [-0.15, -0.1) is 11.3 Å². The number of fused-ring (bicyclic) bond motifs is 1. The lowest BCUT2D eigenvalue weighted by molar-refractivity contribution is 0.174. The van der Waals surface area contributed by atoms with Crippen molar-refractivity contribution in [1.29, 1.82) is 0 Å². The molecule has 0 unspecified atom stereocenters. The molecule has 100 valence electrons. The number of rotatable bonds is 5. The molecule has 0 saturated carbocycles. The topological polar surface area (TPSA) is 30.5 Å². The molecule has 2 aromatic rings. The van der Waals surface area contributed by atoms with E-state index in [1.807, 2.05) is 23.5 Å². The van der Waals surface area contributed by atoms with E-state index in [9.17, 15) is 0 Å². The number of aryl methyl sites for hydroxylation is 1. The van der Waals surface area contributed by atoms with Crippen LogP contribution in [0.1, 0.15) is 22.2 Å². The average molecular weight is 275 g/mol. The molecule has 3 rings (SSSR count). The van der Waals surface area contributed by atoms with Gasteiger partial charge in [0.1, 0.15) is 0 Å². The van der Waals surface area contributed by atoms with Crippen molar-refractivity contribution >= 4 is 11.3 Å². The standard InChI is InChI=1S/C15H17NO2S/c1-2-12-4-5-13(19-12)9-16-8-11-3-6-14-15(7-11)18-10-17-14/h3-7,16H,2,8-10H2,1H3. The van der Waals surface area contributed by atoms with Gasteiger partial charge in [0, 0.05) is 22.8 Å². The quantitative estimate of drug-likeness (QED) is 0.908. The SMILES string of the molecule is CCc1ccc(CNCc2ccc3c(c2)OCO3)s1. The summed E-state index contributed by atoms with van der Waals surface area (Å²) in [7, 11) is 0. The Labute approximate surface area is 117 Å². The van der Waals surface area contributed by atoms with Gasteiger partial charge in [-0.1, -0.05) is 13.0 Å². The minimum atomic E-state index is 0.335. The highest BCUT2D eigenvalue weighted by Crippen LogP contribution is 2.32. The maximum atomic E-state index is 5.37. The summed E-state index contributed by atoms with van der Waals surface area (Å²) < 4.78 is 10.7. The van der Waals surface area contributed by atoms with Crippen LogP contribution in [0.25, 0.3) is 0 Å². The summed E-state index contributed by atoms with van der Waals surface area (Å²) in [5.41, 5.74) is 1.22. The fraction of sp³-hybridized carbons (Fsp3) is 0.333. The van der Waals surface area contributed by atoms with Crippen LogP contribution < -0.4 is 14.8 Å². The molecule has 0 bridgehead atoms. The molecule has 2 heterocycles. The molecule has 1 aromatic heterocycles. The van der Waals surface area contributed by atoms with E-state index in [0.717, 1.165) is 31.0 Å². The maximum Gasteiger partial charge on any atom is 0.231 e. The van der Waals surface area contributed by atoms with Gasteiger partial charge in [0.15, 0.2) is 11.5 Å². The Morgan fingerprint density at radius 3 is 2.74 bits per heavy atom. The van der Waals surface area contributed by atoms with Crippen LogP contribution in [-0.4, -0.2) is 6.79 Å². The van der Waals surface area contributed by atoms with Gasteiger partial charge >= 0.3 is 0 Å². The summed E-state index contributed by atoms with van der Waals surface area (Å²) >= 11 is 1.88. The molecule has 4 heteroatoms. The molecule has 0 aliphatic carbocycles. The zero-order chi connectivity index (χ0) is 13.1. The van der Waals surface area contributed by atoms with Gasteiger partial charge in [-0.25, -0.2) is 0 Å². The third kappa shape index (κ3) is 2.91. The predicted molar refractivity (Wildman–Crippen MR) is 76.8 cm³/mol. The molecule has 1 aliphatic heterocycles. The predicted octanol–water partition coefficient (Wildman–Crippen LogP) is 3.33. The monoisotopic (exact) mass is 275 g/mol. The van der Waals surface area contributed by atoms with Crippen molar-refractivity contribution in [3.63, 3.8) is 0 Å². The van der Waals surface area contributed by atoms with Crippen LogP contribution >= 0.6 is 11.3 Å². The lowest BCUT2D eigenvalue weighted by Gasteiger charge is -2.04. The van der Waals surface area contributed by atoms with E-state index in [0.29, 0.717) is 6.79 Å². The van der Waals surface area contributed by atoms with Crippen molar-refractivity contribution in [1.82, 2.24) is 5.32 Å². The zero-order valence-electron chi connectivity index (χ0n) is 10.9. The lowest BCUT2D eigenvalue weighted by Crippen LogP contribution is -2.11. The van der Waals surface area contributed by atoms with Crippen molar-refractivity contribution in [3.8, 4) is 11.5 Å². The molecule has 3 nitrogen and oxygen atoms in total. The van der Waals surface area contributed by atoms with Crippen molar-refractivity contribution < 1.29 is 9.47 Å². The van der Waals surface area contributed by atoms with Gasteiger partial charge in [0.05, 0.1) is 0 Å². The lowest BCUT2D eigenvalue weighted by atomic mass is 10.2. The van der Waals surface area contributed by atoms with Crippen LogP contribution in [0.3, 0.4) is 0 Å². The van der Waals surface area contributed by atoms with Gasteiger partial charge in [-0.3, -0.25) is 0 Å². The highest BCUT2D eigenvalue weighted by molar-refractivity contribution is 7.11. The van der Waals surface area contributed by atoms with E-state index in [2.05, 4.69) is 30.4 Å². The first-order valence-electron chi connectivity index (χ1n) is 6.52. The molecule has 1 aromatic carbocycles. The summed E-state index contributed by atoms with van der Waals surface area (Å²) in [6.07, 6.45) is 1.12. The Balaban J connectivity index is 1.54. The van der Waals surface area contributed by atoms with Crippen LogP contribution in [-0.2, 0) is 19.5 Å². The number of hydrogen-bond acceptors (Lipinski definition) is 4. The van der Waals surface area contributed by atoms with Crippen LogP contribution in [0.15, 0.2) is 30.3 Å². The number of hydrogen-bond donors (Lipinski definition) is 1. The largest absolute Gasteiger partial charge is 0.454 e. The van der Waals surface area contributed by atoms with E-state index in [-0.39, 0.29) is 0 Å². The van der Waals surface area contributed by atoms with E-state index in [1.54, 1.807) is 0 Å². The highest BCUT2D eigenvalue weighted by atomic mass is 32.1. The fourth-order valence-corrected chi connectivity index (χ4v) is 3.02. The first kappa shape index (κ1) is 12.5. The van der Waals surface area contributed by atoms with Gasteiger partial charge < -0.3 is 14.8 Å². The third-order valence-electron chi connectivity index (χ3n) is 3.13. The summed E-state index contributed by atoms with van der Waals surface area (Å²) in [6.45, 7) is 4.28. The molecule has 0 atom stereocenters. The molecular weight excluding hydrogens is 258 g/mol. The number of thiophene rings is 1. The van der Waals surface area contributed by atoms with Crippen molar-refractivity contribution in [2.45, 2.75) is 26.4 Å². The van der Waals surface area contributed by atoms with Gasteiger partial charge in [-0.2, -0.15) is 0 Å². The summed E-state index contributed by atoms with van der Waals surface area (Å²) in [4.78, 5) is 2.83. The van der Waals surface area contributed by atoms with Crippen LogP contribution in [0.4, 0.5) is 0 Å². The van der Waals surface area contributed by atoms with Crippen LogP contribution in [0.5, 0.6) is 11.5 Å². The second-order valence-corrected chi connectivity index (χ2v) is 5.77. The Bertz CT molecular complexity index is 565. The van der Waals surface area contributed by atoms with E-state index in [4.69, 9.17) is 9.47 Å². The second kappa shape index (κ2) is 5.63. The molecule has 19 heavy (non-hydrogen) atoms. The second-order valence-electron chi connectivity index (χ2n) is 4.51. The molecule has 1 N–H and O–H groups in total. The zero-order valence-corrected chi connectivity index (χ0v) is 11.8. The first-order valence-corrected chi connectivity index (χ1v) is 7.33. The van der Waals surface area contributed by atoms with E-state index in [1.165, 1.54) is 15.3 Å². The minimum absolute atomic E-state index is 0.335. The normalized spacial score (nSPS) is 12.9. The Morgan fingerprint density at radius 2 is 1.89 bits per heavy atom. The summed E-state index contributed by atoms with van der Waals surface area (Å²) in [5, 5.41) is 3.46. The average Bonchev–Trinajstić information content (AvgIpc) is 3.06. The minimum Gasteiger partial charge on any atom is -0.454 e. The smallest absolute Gasteiger partial charge is 0.231 e. The molecule has 0 radical (unpaired) electrons. The molecule has 1 aliphatic rings. The van der Waals surface area contributed by atoms with Gasteiger partial charge in [0.25, 0.3) is 0 Å². The van der Waals surface area contributed by atoms with Crippen LogP contribution in [0.2, 0.25) is 0 Å². The first-order chi connectivity index (χ1) is 9.35. The fourth-order valence-electron chi connectivity index (χ4n) is 2.09. The molecule has 0 amide bonds. The summed E-state index contributed by atoms with van der Waals surface area (Å²) in [5.74, 6) is 1.69. The molecule has 0 saturated heterocycles. The van der Waals surface area contributed by atoms with Crippen molar-refractivity contribution in [2.75, 3.05) is 6.79 Å². The highest BCUT2D eigenvalue weighted by Gasteiger charge is 2.12.